The quantitative estimate of drug-likeness (QED) is 0.175. The zero-order valence-electron chi connectivity index (χ0n) is 27.7. The highest BCUT2D eigenvalue weighted by Gasteiger charge is 2.23. The first kappa shape index (κ1) is 29.5. The van der Waals surface area contributed by atoms with Crippen molar-refractivity contribution in [3.8, 4) is 33.4 Å². The molecule has 0 saturated carbocycles. The molecule has 0 saturated heterocycles. The minimum Gasteiger partial charge on any atom is -0.456 e. The lowest BCUT2D eigenvalue weighted by Crippen LogP contribution is -2.11. The van der Waals surface area contributed by atoms with E-state index in [1.807, 2.05) is 23.5 Å². The molecule has 51 heavy (non-hydrogen) atoms. The van der Waals surface area contributed by atoms with Crippen molar-refractivity contribution >= 4 is 70.5 Å². The summed E-state index contributed by atoms with van der Waals surface area (Å²) in [7, 11) is 0. The molecule has 3 heteroatoms. The average molecular weight is 670 g/mol. The molecule has 2 nitrogen and oxygen atoms in total. The number of para-hydroxylation sites is 1. The van der Waals surface area contributed by atoms with Gasteiger partial charge in [0.15, 0.2) is 0 Å². The van der Waals surface area contributed by atoms with Gasteiger partial charge in [-0.1, -0.05) is 140 Å². The highest BCUT2D eigenvalue weighted by molar-refractivity contribution is 7.26. The van der Waals surface area contributed by atoms with Gasteiger partial charge in [-0.3, -0.25) is 0 Å². The molecule has 0 atom stereocenters. The van der Waals surface area contributed by atoms with Crippen LogP contribution in [0.5, 0.6) is 0 Å². The fourth-order valence-corrected chi connectivity index (χ4v) is 8.66. The lowest BCUT2D eigenvalue weighted by Gasteiger charge is -2.29. The number of anilines is 3. The van der Waals surface area contributed by atoms with Gasteiger partial charge < -0.3 is 9.32 Å². The van der Waals surface area contributed by atoms with Crippen molar-refractivity contribution in [1.29, 1.82) is 0 Å². The maximum atomic E-state index is 6.47. The van der Waals surface area contributed by atoms with Crippen molar-refractivity contribution in [2.75, 3.05) is 4.90 Å². The first-order valence-electron chi connectivity index (χ1n) is 17.3. The first-order chi connectivity index (χ1) is 25.3. The molecule has 240 valence electrons. The van der Waals surface area contributed by atoms with Crippen LogP contribution in [-0.2, 0) is 0 Å². The van der Waals surface area contributed by atoms with E-state index >= 15 is 0 Å². The van der Waals surface area contributed by atoms with Crippen LogP contribution in [0.4, 0.5) is 17.1 Å². The summed E-state index contributed by atoms with van der Waals surface area (Å²) in [4.78, 5) is 2.43. The van der Waals surface area contributed by atoms with Gasteiger partial charge in [0.1, 0.15) is 11.2 Å². The Morgan fingerprint density at radius 1 is 0.373 bits per heavy atom. The Morgan fingerprint density at radius 3 is 1.75 bits per heavy atom. The smallest absolute Gasteiger partial charge is 0.137 e. The highest BCUT2D eigenvalue weighted by atomic mass is 32.1. The number of benzene rings is 8. The van der Waals surface area contributed by atoms with Crippen LogP contribution in [0.15, 0.2) is 192 Å². The van der Waals surface area contributed by atoms with E-state index in [0.717, 1.165) is 39.0 Å². The SMILES string of the molecule is c1ccc(-c2cccc(-c3ccc(N(c4ccc5c(c4)oc4ccccc45)c4c(-c5ccccc5)ccc5c4sc4ccccc45)cc3)c2)cc1. The maximum absolute atomic E-state index is 6.47. The Hall–Kier alpha value is -6.42. The molecule has 0 spiro atoms. The predicted molar refractivity (Wildman–Crippen MR) is 218 cm³/mol. The van der Waals surface area contributed by atoms with Crippen LogP contribution in [0.3, 0.4) is 0 Å². The van der Waals surface area contributed by atoms with Gasteiger partial charge in [0.05, 0.1) is 10.4 Å². The van der Waals surface area contributed by atoms with Crippen molar-refractivity contribution < 1.29 is 4.42 Å². The number of hydrogen-bond donors (Lipinski definition) is 0. The molecular weight excluding hydrogens is 639 g/mol. The Balaban J connectivity index is 1.20. The molecule has 10 aromatic rings. The number of fused-ring (bicyclic) bond motifs is 6. The molecular formula is C48H31NOS. The van der Waals surface area contributed by atoms with Gasteiger partial charge in [-0.15, -0.1) is 11.3 Å². The molecule has 2 aromatic heterocycles. The normalized spacial score (nSPS) is 11.5. The average Bonchev–Trinajstić information content (AvgIpc) is 3.77. The lowest BCUT2D eigenvalue weighted by molar-refractivity contribution is 0.669. The minimum atomic E-state index is 0.873. The van der Waals surface area contributed by atoms with Crippen LogP contribution in [0.25, 0.3) is 75.5 Å². The largest absolute Gasteiger partial charge is 0.456 e. The first-order valence-corrected chi connectivity index (χ1v) is 18.1. The van der Waals surface area contributed by atoms with E-state index in [1.165, 1.54) is 53.6 Å². The molecule has 0 aliphatic heterocycles. The number of hydrogen-bond acceptors (Lipinski definition) is 3. The minimum absolute atomic E-state index is 0.873. The third-order valence-corrected chi connectivity index (χ3v) is 11.1. The summed E-state index contributed by atoms with van der Waals surface area (Å²) < 4.78 is 9.00. The molecule has 10 rings (SSSR count). The highest BCUT2D eigenvalue weighted by Crippen LogP contribution is 2.50. The molecule has 0 radical (unpaired) electrons. The van der Waals surface area contributed by atoms with Crippen molar-refractivity contribution in [1.82, 2.24) is 0 Å². The second-order valence-corrected chi connectivity index (χ2v) is 14.0. The summed E-state index contributed by atoms with van der Waals surface area (Å²) in [5.74, 6) is 0. The summed E-state index contributed by atoms with van der Waals surface area (Å²) in [6, 6.07) is 67.4. The van der Waals surface area contributed by atoms with Gasteiger partial charge in [-0.25, -0.2) is 0 Å². The summed E-state index contributed by atoms with van der Waals surface area (Å²) in [5, 5.41) is 4.78. The van der Waals surface area contributed by atoms with E-state index in [-0.39, 0.29) is 0 Å². The Bertz CT molecular complexity index is 2850. The Morgan fingerprint density at radius 2 is 0.961 bits per heavy atom. The van der Waals surface area contributed by atoms with Crippen LogP contribution < -0.4 is 4.90 Å². The standard InChI is InChI=1S/C48H31NOS/c1-3-12-32(13-4-1)35-16-11-17-36(30-35)33-22-24-37(25-23-33)49(38-26-27-41-40-18-7-9-20-44(40)50-45(41)31-38)47-39(34-14-5-2-6-15-34)28-29-43-42-19-8-10-21-46(42)51-48(43)47/h1-31H. The zero-order valence-corrected chi connectivity index (χ0v) is 28.5. The van der Waals surface area contributed by atoms with Gasteiger partial charge in [0, 0.05) is 49.2 Å². The Kier molecular flexibility index (Phi) is 7.04. The third kappa shape index (κ3) is 5.10. The summed E-state index contributed by atoms with van der Waals surface area (Å²) in [5.41, 5.74) is 12.2. The summed E-state index contributed by atoms with van der Waals surface area (Å²) in [6.45, 7) is 0. The van der Waals surface area contributed by atoms with E-state index in [2.05, 4.69) is 181 Å². The Labute approximate surface area is 300 Å². The van der Waals surface area contributed by atoms with Crippen LogP contribution in [-0.4, -0.2) is 0 Å². The third-order valence-electron chi connectivity index (χ3n) is 9.88. The van der Waals surface area contributed by atoms with Gasteiger partial charge in [-0.2, -0.15) is 0 Å². The number of thiophene rings is 1. The van der Waals surface area contributed by atoms with E-state index < -0.39 is 0 Å². The van der Waals surface area contributed by atoms with E-state index in [9.17, 15) is 0 Å². The van der Waals surface area contributed by atoms with Gasteiger partial charge in [-0.05, 0) is 70.3 Å². The molecule has 0 bridgehead atoms. The molecule has 0 N–H and O–H groups in total. The fourth-order valence-electron chi connectivity index (χ4n) is 7.42. The second kappa shape index (κ2) is 12.2. The van der Waals surface area contributed by atoms with Gasteiger partial charge >= 0.3 is 0 Å². The van der Waals surface area contributed by atoms with Crippen LogP contribution in [0.2, 0.25) is 0 Å². The number of nitrogens with zero attached hydrogens (tertiary/aromatic N) is 1. The maximum Gasteiger partial charge on any atom is 0.137 e. The van der Waals surface area contributed by atoms with Crippen molar-refractivity contribution in [3.05, 3.63) is 188 Å². The molecule has 0 unspecified atom stereocenters. The fraction of sp³-hybridized carbons (Fsp3) is 0. The molecule has 0 aliphatic carbocycles. The number of furan rings is 1. The molecule has 0 aliphatic rings. The van der Waals surface area contributed by atoms with Crippen molar-refractivity contribution in [2.45, 2.75) is 0 Å². The molecule has 2 heterocycles. The van der Waals surface area contributed by atoms with E-state index in [4.69, 9.17) is 4.42 Å². The second-order valence-electron chi connectivity index (χ2n) is 12.9. The molecule has 0 amide bonds. The van der Waals surface area contributed by atoms with E-state index in [0.29, 0.717) is 0 Å². The van der Waals surface area contributed by atoms with Crippen molar-refractivity contribution in [3.63, 3.8) is 0 Å². The number of rotatable bonds is 6. The van der Waals surface area contributed by atoms with Gasteiger partial charge in [0.2, 0.25) is 0 Å². The van der Waals surface area contributed by atoms with E-state index in [1.54, 1.807) is 0 Å². The molecule has 8 aromatic carbocycles. The van der Waals surface area contributed by atoms with Crippen LogP contribution in [0.1, 0.15) is 0 Å². The lowest BCUT2D eigenvalue weighted by atomic mass is 9.98. The van der Waals surface area contributed by atoms with Crippen molar-refractivity contribution in [2.24, 2.45) is 0 Å². The summed E-state index contributed by atoms with van der Waals surface area (Å²) in [6.07, 6.45) is 0. The van der Waals surface area contributed by atoms with Crippen LogP contribution >= 0.6 is 11.3 Å². The molecule has 0 fully saturated rings. The van der Waals surface area contributed by atoms with Gasteiger partial charge in [0.25, 0.3) is 0 Å². The topological polar surface area (TPSA) is 16.4 Å². The predicted octanol–water partition coefficient (Wildman–Crippen LogP) is 14.4. The summed E-state index contributed by atoms with van der Waals surface area (Å²) >= 11 is 1.86. The zero-order chi connectivity index (χ0) is 33.7. The van der Waals surface area contributed by atoms with Crippen LogP contribution in [0, 0.1) is 0 Å². The monoisotopic (exact) mass is 669 g/mol.